The fourth-order valence-electron chi connectivity index (χ4n) is 4.90. The van der Waals surface area contributed by atoms with E-state index >= 15 is 0 Å². The fourth-order valence-corrected chi connectivity index (χ4v) is 5.67. The van der Waals surface area contributed by atoms with Crippen LogP contribution in [0.1, 0.15) is 24.1 Å². The number of benzene rings is 1. The number of aromatic nitrogens is 3. The molecule has 5 heterocycles. The number of rotatable bonds is 4. The van der Waals surface area contributed by atoms with Crippen LogP contribution in [0.5, 0.6) is 0 Å². The number of thiophene rings is 1. The molecule has 4 aromatic rings. The molecule has 0 aliphatic carbocycles. The highest BCUT2D eigenvalue weighted by Crippen LogP contribution is 2.38. The summed E-state index contributed by atoms with van der Waals surface area (Å²) >= 11 is 1.54. The molecule has 35 heavy (non-hydrogen) atoms. The number of nitrogens with one attached hydrogen (secondary N) is 3. The van der Waals surface area contributed by atoms with Crippen molar-refractivity contribution >= 4 is 61.4 Å². The van der Waals surface area contributed by atoms with Gasteiger partial charge in [-0.1, -0.05) is 18.2 Å². The molecule has 6 rings (SSSR count). The number of para-hydroxylation sites is 1. The van der Waals surface area contributed by atoms with Crippen molar-refractivity contribution in [1.29, 1.82) is 5.26 Å². The van der Waals surface area contributed by atoms with Gasteiger partial charge in [0.05, 0.1) is 28.4 Å². The van der Waals surface area contributed by atoms with Gasteiger partial charge in [0.25, 0.3) is 11.8 Å². The van der Waals surface area contributed by atoms with Crippen molar-refractivity contribution in [2.75, 3.05) is 25.0 Å². The molecule has 0 radical (unpaired) electrons. The number of amides is 2. The lowest BCUT2D eigenvalue weighted by Gasteiger charge is -2.37. The molecule has 3 N–H and O–H groups in total. The van der Waals surface area contributed by atoms with Crippen LogP contribution in [0.2, 0.25) is 0 Å². The molecule has 9 nitrogen and oxygen atoms in total. The topological polar surface area (TPSA) is 127 Å². The van der Waals surface area contributed by atoms with E-state index in [4.69, 9.17) is 9.97 Å². The van der Waals surface area contributed by atoms with Crippen LogP contribution in [0, 0.1) is 11.3 Å². The second kappa shape index (κ2) is 8.01. The van der Waals surface area contributed by atoms with E-state index in [2.05, 4.69) is 21.7 Å². The Kier molecular flexibility index (Phi) is 4.91. The second-order valence-corrected chi connectivity index (χ2v) is 9.64. The Bertz CT molecular complexity index is 1580. The predicted molar refractivity (Wildman–Crippen MR) is 135 cm³/mol. The number of H-pyrrole nitrogens is 1. The highest BCUT2D eigenvalue weighted by atomic mass is 32.1. The minimum Gasteiger partial charge on any atom is -0.352 e. The Morgan fingerprint density at radius 2 is 1.86 bits per heavy atom. The Morgan fingerprint density at radius 1 is 1.09 bits per heavy atom. The molecule has 2 amide bonds. The number of piperidine rings is 1. The maximum Gasteiger partial charge on any atom is 0.261 e. The van der Waals surface area contributed by atoms with Gasteiger partial charge in [0.1, 0.15) is 10.4 Å². The molecular weight excluding hydrogens is 462 g/mol. The quantitative estimate of drug-likeness (QED) is 0.381. The van der Waals surface area contributed by atoms with E-state index in [9.17, 15) is 14.9 Å². The summed E-state index contributed by atoms with van der Waals surface area (Å²) < 4.78 is 0. The number of hydrogen-bond donors (Lipinski definition) is 3. The highest BCUT2D eigenvalue weighted by Gasteiger charge is 2.37. The van der Waals surface area contributed by atoms with Crippen molar-refractivity contribution < 1.29 is 9.59 Å². The van der Waals surface area contributed by atoms with Crippen LogP contribution in [0.15, 0.2) is 41.9 Å². The van der Waals surface area contributed by atoms with Crippen molar-refractivity contribution in [1.82, 2.24) is 25.6 Å². The maximum absolute atomic E-state index is 13.1. The van der Waals surface area contributed by atoms with Gasteiger partial charge in [-0.3, -0.25) is 14.9 Å². The highest BCUT2D eigenvalue weighted by molar-refractivity contribution is 7.16. The minimum atomic E-state index is -0.566. The van der Waals surface area contributed by atoms with Crippen molar-refractivity contribution in [3.63, 3.8) is 0 Å². The summed E-state index contributed by atoms with van der Waals surface area (Å²) in [6.45, 7) is 1.19. The van der Waals surface area contributed by atoms with Crippen molar-refractivity contribution in [3.8, 4) is 6.07 Å². The number of aromatic amines is 1. The van der Waals surface area contributed by atoms with Crippen LogP contribution < -0.4 is 15.5 Å². The molecule has 0 bridgehead atoms. The van der Waals surface area contributed by atoms with E-state index in [-0.39, 0.29) is 5.57 Å². The number of nitriles is 1. The van der Waals surface area contributed by atoms with Gasteiger partial charge >= 0.3 is 0 Å². The molecule has 3 aromatic heterocycles. The van der Waals surface area contributed by atoms with Gasteiger partial charge in [0, 0.05) is 35.6 Å². The fraction of sp³-hybridized carbons (Fsp3) is 0.240. The van der Waals surface area contributed by atoms with E-state index in [0.29, 0.717) is 59.6 Å². The monoisotopic (exact) mass is 483 g/mol. The van der Waals surface area contributed by atoms with Gasteiger partial charge in [-0.05, 0) is 37.4 Å². The van der Waals surface area contributed by atoms with Gasteiger partial charge in [0.15, 0.2) is 0 Å². The average Bonchev–Trinajstić information content (AvgIpc) is 3.58. The van der Waals surface area contributed by atoms with Crippen molar-refractivity contribution in [3.05, 3.63) is 53.2 Å². The van der Waals surface area contributed by atoms with Gasteiger partial charge in [-0.25, -0.2) is 9.97 Å². The first kappa shape index (κ1) is 21.5. The van der Waals surface area contributed by atoms with E-state index in [1.54, 1.807) is 13.2 Å². The van der Waals surface area contributed by atoms with Crippen LogP contribution in [0.25, 0.3) is 32.3 Å². The van der Waals surface area contributed by atoms with E-state index in [1.165, 1.54) is 11.3 Å². The number of carbonyl (C=O) groups excluding carboxylic acids is 2. The van der Waals surface area contributed by atoms with E-state index in [1.807, 2.05) is 40.6 Å². The average molecular weight is 484 g/mol. The summed E-state index contributed by atoms with van der Waals surface area (Å²) in [5.74, 6) is -0.427. The third-order valence-corrected chi connectivity index (χ3v) is 7.77. The van der Waals surface area contributed by atoms with Crippen LogP contribution in [-0.2, 0) is 9.59 Å². The summed E-state index contributed by atoms with van der Waals surface area (Å²) in [5, 5.41) is 18.8. The molecular formula is C25H21N7O2S. The lowest BCUT2D eigenvalue weighted by atomic mass is 9.89. The lowest BCUT2D eigenvalue weighted by molar-refractivity contribution is -0.122. The third kappa shape index (κ3) is 3.31. The number of fused-ring (bicyclic) bond motifs is 2. The van der Waals surface area contributed by atoms with Gasteiger partial charge in [-0.15, -0.1) is 11.3 Å². The van der Waals surface area contributed by atoms with Crippen molar-refractivity contribution in [2.24, 2.45) is 0 Å². The van der Waals surface area contributed by atoms with Crippen LogP contribution in [0.3, 0.4) is 0 Å². The Morgan fingerprint density at radius 3 is 2.63 bits per heavy atom. The molecule has 0 atom stereocenters. The van der Waals surface area contributed by atoms with Gasteiger partial charge in [0.2, 0.25) is 5.95 Å². The zero-order valence-electron chi connectivity index (χ0n) is 18.9. The van der Waals surface area contributed by atoms with Crippen LogP contribution >= 0.6 is 11.3 Å². The molecule has 0 spiro atoms. The zero-order chi connectivity index (χ0) is 24.2. The summed E-state index contributed by atoms with van der Waals surface area (Å²) in [6, 6.07) is 11.8. The Labute approximate surface area is 204 Å². The first-order chi connectivity index (χ1) is 17.0. The van der Waals surface area contributed by atoms with Gasteiger partial charge < -0.3 is 15.2 Å². The molecule has 2 aliphatic heterocycles. The standard InChI is InChI=1S/C25H21N7O2S/c1-27-25(13-26)7-9-32(10-8-25)24-29-17-5-3-2-4-15(17)20(30-24)19-18(21(33)31-22(19)34)16-12-28-23-14(16)6-11-35-23/h2-6,11-12,27-28H,7-10H2,1H3,(H,31,33,34). The zero-order valence-corrected chi connectivity index (χ0v) is 19.7. The Balaban J connectivity index is 1.53. The molecule has 1 aromatic carbocycles. The summed E-state index contributed by atoms with van der Waals surface area (Å²) in [6.07, 6.45) is 3.01. The molecule has 0 unspecified atom stereocenters. The second-order valence-electron chi connectivity index (χ2n) is 8.72. The first-order valence-electron chi connectivity index (χ1n) is 11.3. The lowest BCUT2D eigenvalue weighted by Crippen LogP contribution is -2.51. The Hall–Kier alpha value is -4.07. The molecule has 0 saturated carbocycles. The molecule has 174 valence electrons. The van der Waals surface area contributed by atoms with E-state index in [0.717, 1.165) is 10.2 Å². The number of nitrogens with zero attached hydrogens (tertiary/aromatic N) is 4. The number of imide groups is 1. The SMILES string of the molecule is CNC1(C#N)CCN(c2nc(C3=C(c4c[nH]c5sccc45)C(=O)NC3=O)c3ccccc3n2)CC1. The third-order valence-electron chi connectivity index (χ3n) is 6.92. The number of anilines is 1. The molecule has 2 aliphatic rings. The molecule has 1 fully saturated rings. The maximum atomic E-state index is 13.1. The molecule has 10 heteroatoms. The van der Waals surface area contributed by atoms with Crippen molar-refractivity contribution in [2.45, 2.75) is 18.4 Å². The van der Waals surface area contributed by atoms with Crippen LogP contribution in [0.4, 0.5) is 5.95 Å². The number of hydrogen-bond acceptors (Lipinski definition) is 8. The normalized spacial score (nSPS) is 17.9. The first-order valence-corrected chi connectivity index (χ1v) is 12.2. The largest absolute Gasteiger partial charge is 0.352 e. The smallest absolute Gasteiger partial charge is 0.261 e. The van der Waals surface area contributed by atoms with Crippen LogP contribution in [-0.4, -0.2) is 52.4 Å². The van der Waals surface area contributed by atoms with Gasteiger partial charge in [-0.2, -0.15) is 5.26 Å². The minimum absolute atomic E-state index is 0.251. The summed E-state index contributed by atoms with van der Waals surface area (Å²) in [5.41, 5.74) is 1.79. The summed E-state index contributed by atoms with van der Waals surface area (Å²) in [4.78, 5) is 41.9. The molecule has 1 saturated heterocycles. The summed E-state index contributed by atoms with van der Waals surface area (Å²) in [7, 11) is 1.80. The van der Waals surface area contributed by atoms with E-state index < -0.39 is 17.4 Å². The predicted octanol–water partition coefficient (Wildman–Crippen LogP) is 2.82. The number of carbonyl (C=O) groups is 2.